The maximum atomic E-state index is 12.4. The lowest BCUT2D eigenvalue weighted by molar-refractivity contribution is 0.0455. The van der Waals surface area contributed by atoms with Crippen LogP contribution >= 0.6 is 11.5 Å². The van der Waals surface area contributed by atoms with E-state index in [1.54, 1.807) is 0 Å². The van der Waals surface area contributed by atoms with Crippen LogP contribution in [0.25, 0.3) is 16.9 Å². The van der Waals surface area contributed by atoms with Gasteiger partial charge in [0.2, 0.25) is 0 Å². The van der Waals surface area contributed by atoms with E-state index in [9.17, 15) is 14.4 Å². The lowest BCUT2D eigenvalue weighted by Gasteiger charge is -2.03. The fourth-order valence-corrected chi connectivity index (χ4v) is 3.37. The SMILES string of the molecule is COC(=O)c1sncc1COC(=O)c1cc2nc(-c3ccccc3)cc(=O)n2[nH]1. The molecule has 10 heteroatoms. The monoisotopic (exact) mass is 410 g/mol. The minimum absolute atomic E-state index is 0.0580. The molecule has 146 valence electrons. The number of hydrogen-bond donors (Lipinski definition) is 1. The Morgan fingerprint density at radius 3 is 2.72 bits per heavy atom. The van der Waals surface area contributed by atoms with E-state index in [1.165, 1.54) is 25.4 Å². The number of nitrogens with zero attached hydrogens (tertiary/aromatic N) is 3. The van der Waals surface area contributed by atoms with Gasteiger partial charge in [0, 0.05) is 29.5 Å². The molecule has 0 aliphatic carbocycles. The van der Waals surface area contributed by atoms with Crippen molar-refractivity contribution < 1.29 is 19.1 Å². The number of fused-ring (bicyclic) bond motifs is 1. The summed E-state index contributed by atoms with van der Waals surface area (Å²) in [6.45, 7) is -0.160. The van der Waals surface area contributed by atoms with Crippen LogP contribution in [0.5, 0.6) is 0 Å². The van der Waals surface area contributed by atoms with E-state index in [4.69, 9.17) is 4.74 Å². The number of nitrogens with one attached hydrogen (secondary N) is 1. The highest BCUT2D eigenvalue weighted by Crippen LogP contribution is 2.18. The van der Waals surface area contributed by atoms with Gasteiger partial charge in [0.25, 0.3) is 5.56 Å². The van der Waals surface area contributed by atoms with Crippen LogP contribution in [-0.4, -0.2) is 38.0 Å². The summed E-state index contributed by atoms with van der Waals surface area (Å²) in [5.74, 6) is -1.24. The molecule has 0 amide bonds. The minimum atomic E-state index is -0.696. The molecule has 4 aromatic rings. The molecule has 0 radical (unpaired) electrons. The number of benzene rings is 1. The molecule has 4 rings (SSSR count). The molecule has 3 heterocycles. The summed E-state index contributed by atoms with van der Waals surface area (Å²) in [6.07, 6.45) is 1.44. The number of esters is 2. The number of rotatable bonds is 5. The van der Waals surface area contributed by atoms with Crippen molar-refractivity contribution in [3.63, 3.8) is 0 Å². The smallest absolute Gasteiger partial charge is 0.356 e. The summed E-state index contributed by atoms with van der Waals surface area (Å²) in [7, 11) is 1.26. The molecule has 0 aliphatic rings. The Morgan fingerprint density at radius 2 is 1.97 bits per heavy atom. The van der Waals surface area contributed by atoms with E-state index in [-0.39, 0.29) is 28.4 Å². The average Bonchev–Trinajstić information content (AvgIpc) is 3.39. The van der Waals surface area contributed by atoms with Gasteiger partial charge in [-0.2, -0.15) is 4.37 Å². The number of aromatic nitrogens is 4. The number of carbonyl (C=O) groups is 2. The Bertz CT molecular complexity index is 1260. The van der Waals surface area contributed by atoms with Gasteiger partial charge < -0.3 is 9.47 Å². The van der Waals surface area contributed by atoms with Crippen molar-refractivity contribution in [3.05, 3.63) is 75.1 Å². The number of methoxy groups -OCH3 is 1. The van der Waals surface area contributed by atoms with Gasteiger partial charge in [-0.25, -0.2) is 19.1 Å². The van der Waals surface area contributed by atoms with Crippen LogP contribution in [0.3, 0.4) is 0 Å². The van der Waals surface area contributed by atoms with E-state index in [1.807, 2.05) is 30.3 Å². The third-order valence-corrected chi connectivity index (χ3v) is 4.94. The third-order valence-electron chi connectivity index (χ3n) is 4.11. The van der Waals surface area contributed by atoms with E-state index in [0.29, 0.717) is 11.3 Å². The van der Waals surface area contributed by atoms with Gasteiger partial charge in [-0.3, -0.25) is 9.89 Å². The first-order chi connectivity index (χ1) is 14.1. The van der Waals surface area contributed by atoms with E-state index < -0.39 is 11.9 Å². The molecule has 0 unspecified atom stereocenters. The number of H-pyrrole nitrogens is 1. The van der Waals surface area contributed by atoms with E-state index in [2.05, 4.69) is 19.2 Å². The topological polar surface area (TPSA) is 116 Å². The van der Waals surface area contributed by atoms with Crippen LogP contribution in [0.15, 0.2) is 53.5 Å². The molecule has 1 aromatic carbocycles. The number of aromatic amines is 1. The lowest BCUT2D eigenvalue weighted by atomic mass is 10.1. The molecule has 0 fully saturated rings. The van der Waals surface area contributed by atoms with Crippen molar-refractivity contribution in [2.75, 3.05) is 7.11 Å². The predicted octanol–water partition coefficient (Wildman–Crippen LogP) is 2.29. The van der Waals surface area contributed by atoms with E-state index in [0.717, 1.165) is 21.6 Å². The molecule has 0 spiro atoms. The van der Waals surface area contributed by atoms with Gasteiger partial charge in [-0.1, -0.05) is 30.3 Å². The van der Waals surface area contributed by atoms with Crippen LogP contribution in [0, 0.1) is 0 Å². The summed E-state index contributed by atoms with van der Waals surface area (Å²) in [6, 6.07) is 12.1. The Kier molecular flexibility index (Phi) is 4.92. The maximum absolute atomic E-state index is 12.4. The highest BCUT2D eigenvalue weighted by atomic mass is 32.1. The molecule has 3 aromatic heterocycles. The summed E-state index contributed by atoms with van der Waals surface area (Å²) in [4.78, 5) is 41.1. The quantitative estimate of drug-likeness (QED) is 0.502. The highest BCUT2D eigenvalue weighted by molar-refractivity contribution is 7.08. The molecule has 0 saturated carbocycles. The van der Waals surface area contributed by atoms with Gasteiger partial charge in [0.05, 0.1) is 12.8 Å². The Labute approximate surface area is 167 Å². The zero-order chi connectivity index (χ0) is 20.4. The molecule has 0 saturated heterocycles. The Balaban J connectivity index is 1.57. The molecule has 29 heavy (non-hydrogen) atoms. The first-order valence-electron chi connectivity index (χ1n) is 8.44. The molecule has 1 N–H and O–H groups in total. The summed E-state index contributed by atoms with van der Waals surface area (Å²) < 4.78 is 15.0. The fraction of sp³-hybridized carbons (Fsp3) is 0.105. The van der Waals surface area contributed by atoms with Crippen molar-refractivity contribution in [1.82, 2.24) is 19.0 Å². The van der Waals surface area contributed by atoms with Crippen molar-refractivity contribution in [2.45, 2.75) is 6.61 Å². The van der Waals surface area contributed by atoms with Crippen LogP contribution in [0.4, 0.5) is 0 Å². The first kappa shape index (κ1) is 18.6. The Morgan fingerprint density at radius 1 is 1.17 bits per heavy atom. The maximum Gasteiger partial charge on any atom is 0.356 e. The van der Waals surface area contributed by atoms with Crippen molar-refractivity contribution >= 4 is 29.1 Å². The van der Waals surface area contributed by atoms with E-state index >= 15 is 0 Å². The van der Waals surface area contributed by atoms with Gasteiger partial charge in [0.1, 0.15) is 17.2 Å². The van der Waals surface area contributed by atoms with Crippen molar-refractivity contribution in [3.8, 4) is 11.3 Å². The third kappa shape index (κ3) is 3.65. The molecule has 0 atom stereocenters. The standard InChI is InChI=1S/C19H14N4O5S/c1-27-19(26)17-12(9-20-29-17)10-28-18(25)14-7-15-21-13(8-16(24)23(15)22-14)11-5-3-2-4-6-11/h2-9,22H,10H2,1H3. The molecular formula is C19H14N4O5S. The highest BCUT2D eigenvalue weighted by Gasteiger charge is 2.18. The van der Waals surface area contributed by atoms with Crippen LogP contribution in [-0.2, 0) is 16.1 Å². The summed E-state index contributed by atoms with van der Waals surface area (Å²) in [5, 5.41) is 2.68. The Hall–Kier alpha value is -3.79. The van der Waals surface area contributed by atoms with Gasteiger partial charge in [-0.15, -0.1) is 0 Å². The van der Waals surface area contributed by atoms with Crippen molar-refractivity contribution in [1.29, 1.82) is 0 Å². The number of ether oxygens (including phenoxy) is 2. The summed E-state index contributed by atoms with van der Waals surface area (Å²) >= 11 is 0.956. The molecule has 9 nitrogen and oxygen atoms in total. The first-order valence-corrected chi connectivity index (χ1v) is 9.21. The fourth-order valence-electron chi connectivity index (χ4n) is 2.70. The number of hydrogen-bond acceptors (Lipinski definition) is 8. The van der Waals surface area contributed by atoms with Gasteiger partial charge in [-0.05, 0) is 11.5 Å². The summed E-state index contributed by atoms with van der Waals surface area (Å²) in [5.41, 5.74) is 1.72. The molecule has 0 aliphatic heterocycles. The second kappa shape index (κ2) is 7.68. The van der Waals surface area contributed by atoms with Crippen LogP contribution in [0.1, 0.15) is 25.7 Å². The molecular weight excluding hydrogens is 396 g/mol. The van der Waals surface area contributed by atoms with Gasteiger partial charge >= 0.3 is 11.9 Å². The number of carbonyl (C=O) groups excluding carboxylic acids is 2. The second-order valence-electron chi connectivity index (χ2n) is 5.96. The predicted molar refractivity (Wildman–Crippen MR) is 104 cm³/mol. The largest absolute Gasteiger partial charge is 0.465 e. The van der Waals surface area contributed by atoms with Crippen LogP contribution in [0.2, 0.25) is 0 Å². The van der Waals surface area contributed by atoms with Crippen molar-refractivity contribution in [2.24, 2.45) is 0 Å². The minimum Gasteiger partial charge on any atom is -0.465 e. The second-order valence-corrected chi connectivity index (χ2v) is 6.76. The van der Waals surface area contributed by atoms with Gasteiger partial charge in [0.15, 0.2) is 5.65 Å². The lowest BCUT2D eigenvalue weighted by Crippen LogP contribution is -2.15. The zero-order valence-corrected chi connectivity index (χ0v) is 15.9. The average molecular weight is 410 g/mol. The van der Waals surface area contributed by atoms with Crippen LogP contribution < -0.4 is 5.56 Å². The zero-order valence-electron chi connectivity index (χ0n) is 15.1. The normalized spacial score (nSPS) is 10.8. The molecule has 0 bridgehead atoms.